The fourth-order valence-electron chi connectivity index (χ4n) is 3.96. The molecule has 2 aromatic carbocycles. The number of thioether (sulfide) groups is 1. The minimum Gasteiger partial charge on any atom is -0.325 e. The fraction of sp³-hybridized carbons (Fsp3) is 0.375. The lowest BCUT2D eigenvalue weighted by Crippen LogP contribution is -2.27. The first kappa shape index (κ1) is 23.1. The Balaban J connectivity index is 1.25. The summed E-state index contributed by atoms with van der Waals surface area (Å²) in [5.74, 6) is 1.17. The Morgan fingerprint density at radius 2 is 1.74 bits per heavy atom. The van der Waals surface area contributed by atoms with Crippen LogP contribution in [0, 0.1) is 0 Å². The maximum Gasteiger partial charge on any atom is 0.243 e. The van der Waals surface area contributed by atoms with Crippen LogP contribution in [0.1, 0.15) is 44.3 Å². The number of nitrogens with one attached hydrogen (secondary N) is 1. The van der Waals surface area contributed by atoms with Crippen molar-refractivity contribution in [2.45, 2.75) is 53.8 Å². The van der Waals surface area contributed by atoms with Gasteiger partial charge in [-0.2, -0.15) is 4.31 Å². The smallest absolute Gasteiger partial charge is 0.243 e. The molecule has 3 aromatic rings. The van der Waals surface area contributed by atoms with E-state index in [0.29, 0.717) is 29.9 Å². The van der Waals surface area contributed by atoms with E-state index in [0.717, 1.165) is 37.2 Å². The highest BCUT2D eigenvalue weighted by Gasteiger charge is 2.31. The minimum atomic E-state index is -3.47. The van der Waals surface area contributed by atoms with Gasteiger partial charge in [0.05, 0.1) is 15.8 Å². The number of carbonyl (C=O) groups is 1. The summed E-state index contributed by atoms with van der Waals surface area (Å²) in [5.41, 5.74) is 1.52. The van der Waals surface area contributed by atoms with Crippen LogP contribution in [0.3, 0.4) is 0 Å². The van der Waals surface area contributed by atoms with Crippen molar-refractivity contribution in [3.8, 4) is 5.69 Å². The third-order valence-electron chi connectivity index (χ3n) is 6.03. The Morgan fingerprint density at radius 3 is 2.38 bits per heavy atom. The minimum absolute atomic E-state index is 0.191. The molecule has 1 aromatic heterocycles. The lowest BCUT2D eigenvalue weighted by Gasteiger charge is -2.16. The Hall–Kier alpha value is -2.69. The van der Waals surface area contributed by atoms with Crippen molar-refractivity contribution in [3.63, 3.8) is 0 Å². The van der Waals surface area contributed by atoms with Crippen LogP contribution in [0.4, 0.5) is 5.69 Å². The number of hydrogen-bond acceptors (Lipinski definition) is 6. The van der Waals surface area contributed by atoms with E-state index in [9.17, 15) is 13.2 Å². The zero-order chi connectivity index (χ0) is 23.7. The van der Waals surface area contributed by atoms with E-state index < -0.39 is 15.3 Å². The molecule has 1 saturated carbocycles. The highest BCUT2D eigenvalue weighted by atomic mass is 32.2. The molecule has 1 amide bonds. The van der Waals surface area contributed by atoms with E-state index in [-0.39, 0.29) is 10.8 Å². The predicted molar refractivity (Wildman–Crippen MR) is 132 cm³/mol. The van der Waals surface area contributed by atoms with Crippen molar-refractivity contribution in [1.29, 1.82) is 0 Å². The second-order valence-corrected chi connectivity index (χ2v) is 11.9. The van der Waals surface area contributed by atoms with Crippen LogP contribution in [-0.4, -0.2) is 51.7 Å². The van der Waals surface area contributed by atoms with Gasteiger partial charge >= 0.3 is 0 Å². The van der Waals surface area contributed by atoms with Crippen LogP contribution >= 0.6 is 11.8 Å². The van der Waals surface area contributed by atoms with Crippen LogP contribution in [0.25, 0.3) is 5.69 Å². The first-order chi connectivity index (χ1) is 16.4. The molecule has 2 heterocycles. The first-order valence-electron chi connectivity index (χ1n) is 11.5. The fourth-order valence-corrected chi connectivity index (χ4v) is 6.24. The van der Waals surface area contributed by atoms with Crippen molar-refractivity contribution < 1.29 is 13.2 Å². The Kier molecular flexibility index (Phi) is 6.46. The maximum absolute atomic E-state index is 12.8. The molecule has 1 saturated heterocycles. The number of sulfonamides is 1. The Bertz CT molecular complexity index is 1270. The molecule has 8 nitrogen and oxygen atoms in total. The molecule has 178 valence electrons. The highest BCUT2D eigenvalue weighted by Crippen LogP contribution is 2.40. The van der Waals surface area contributed by atoms with Gasteiger partial charge < -0.3 is 5.32 Å². The van der Waals surface area contributed by atoms with Crippen LogP contribution < -0.4 is 5.32 Å². The van der Waals surface area contributed by atoms with Crippen molar-refractivity contribution in [3.05, 3.63) is 60.4 Å². The van der Waals surface area contributed by atoms with Crippen LogP contribution in [0.5, 0.6) is 0 Å². The normalized spacial score (nSPS) is 17.6. The summed E-state index contributed by atoms with van der Waals surface area (Å²) in [6, 6.07) is 16.3. The molecular formula is C24H27N5O3S2. The third kappa shape index (κ3) is 4.89. The predicted octanol–water partition coefficient (Wildman–Crippen LogP) is 4.05. The molecule has 2 aliphatic rings. The van der Waals surface area contributed by atoms with Gasteiger partial charge in [0, 0.05) is 24.7 Å². The standard InChI is InChI=1S/C24H27N5O3S2/c1-17(33-24-26-22(18-9-10-18)29(27-24)20-7-3-2-4-8-20)23(30)25-19-11-13-21(14-12-19)34(31,32)28-15-5-6-16-28/h2-4,7-8,11-14,17-18H,5-6,9-10,15-16H2,1H3,(H,25,30). The van der Waals surface area contributed by atoms with E-state index in [2.05, 4.69) is 10.4 Å². The van der Waals surface area contributed by atoms with E-state index >= 15 is 0 Å². The van der Waals surface area contributed by atoms with Gasteiger partial charge in [0.25, 0.3) is 0 Å². The number of carbonyl (C=O) groups excluding carboxylic acids is 1. The summed E-state index contributed by atoms with van der Waals surface area (Å²) in [6.07, 6.45) is 4.00. The SMILES string of the molecule is CC(Sc1nc(C2CC2)n(-c2ccccc2)n1)C(=O)Nc1ccc(S(=O)(=O)N2CCCC2)cc1. The zero-order valence-corrected chi connectivity index (χ0v) is 20.6. The molecular weight excluding hydrogens is 470 g/mol. The average molecular weight is 498 g/mol. The summed E-state index contributed by atoms with van der Waals surface area (Å²) in [4.78, 5) is 17.8. The molecule has 10 heteroatoms. The largest absolute Gasteiger partial charge is 0.325 e. The van der Waals surface area contributed by atoms with Crippen LogP contribution in [0.15, 0.2) is 64.6 Å². The molecule has 1 atom stereocenters. The lowest BCUT2D eigenvalue weighted by atomic mass is 10.3. The van der Waals surface area contributed by atoms with Gasteiger partial charge in [-0.25, -0.2) is 18.1 Å². The third-order valence-corrected chi connectivity index (χ3v) is 8.90. The van der Waals surface area contributed by atoms with Gasteiger partial charge in [-0.3, -0.25) is 4.79 Å². The monoisotopic (exact) mass is 497 g/mol. The van der Waals surface area contributed by atoms with Crippen molar-refractivity contribution in [1.82, 2.24) is 19.1 Å². The van der Waals surface area contributed by atoms with Gasteiger partial charge in [0.1, 0.15) is 5.82 Å². The van der Waals surface area contributed by atoms with Crippen LogP contribution in [0.2, 0.25) is 0 Å². The molecule has 0 radical (unpaired) electrons. The highest BCUT2D eigenvalue weighted by molar-refractivity contribution is 8.00. The molecule has 0 bridgehead atoms. The van der Waals surface area contributed by atoms with Gasteiger partial charge in [0.15, 0.2) is 0 Å². The van der Waals surface area contributed by atoms with Gasteiger partial charge in [-0.05, 0) is 69.0 Å². The molecule has 1 aliphatic carbocycles. The van der Waals surface area contributed by atoms with E-state index in [1.54, 1.807) is 24.3 Å². The zero-order valence-electron chi connectivity index (χ0n) is 18.9. The van der Waals surface area contributed by atoms with Crippen molar-refractivity contribution in [2.24, 2.45) is 0 Å². The van der Waals surface area contributed by atoms with Gasteiger partial charge in [0.2, 0.25) is 21.1 Å². The Labute approximate surface area is 203 Å². The summed E-state index contributed by atoms with van der Waals surface area (Å²) < 4.78 is 28.8. The molecule has 34 heavy (non-hydrogen) atoms. The summed E-state index contributed by atoms with van der Waals surface area (Å²) in [5, 5.41) is 7.68. The number of amides is 1. The van der Waals surface area contributed by atoms with E-state index in [1.165, 1.54) is 16.1 Å². The number of aromatic nitrogens is 3. The number of anilines is 1. The lowest BCUT2D eigenvalue weighted by molar-refractivity contribution is -0.115. The number of para-hydroxylation sites is 1. The van der Waals surface area contributed by atoms with Crippen molar-refractivity contribution in [2.75, 3.05) is 18.4 Å². The second kappa shape index (κ2) is 9.52. The van der Waals surface area contributed by atoms with E-state index in [4.69, 9.17) is 4.98 Å². The number of benzene rings is 2. The summed E-state index contributed by atoms with van der Waals surface area (Å²) in [6.45, 7) is 2.93. The Morgan fingerprint density at radius 1 is 1.06 bits per heavy atom. The number of hydrogen-bond donors (Lipinski definition) is 1. The van der Waals surface area contributed by atoms with Gasteiger partial charge in [-0.15, -0.1) is 5.10 Å². The average Bonchev–Trinajstić information content (AvgIpc) is 3.35. The summed E-state index contributed by atoms with van der Waals surface area (Å²) >= 11 is 1.31. The molecule has 0 spiro atoms. The van der Waals surface area contributed by atoms with Crippen molar-refractivity contribution >= 4 is 33.4 Å². The van der Waals surface area contributed by atoms with E-state index in [1.807, 2.05) is 41.9 Å². The maximum atomic E-state index is 12.8. The summed E-state index contributed by atoms with van der Waals surface area (Å²) in [7, 11) is -3.47. The number of rotatable bonds is 8. The molecule has 5 rings (SSSR count). The topological polar surface area (TPSA) is 97.2 Å². The van der Waals surface area contributed by atoms with Gasteiger partial charge in [-0.1, -0.05) is 30.0 Å². The quantitative estimate of drug-likeness (QED) is 0.472. The molecule has 1 unspecified atom stereocenters. The second-order valence-electron chi connectivity index (χ2n) is 8.66. The number of nitrogens with zero attached hydrogens (tertiary/aromatic N) is 4. The molecule has 1 N–H and O–H groups in total. The first-order valence-corrected chi connectivity index (χ1v) is 13.8. The molecule has 2 fully saturated rings. The van der Waals surface area contributed by atoms with Crippen LogP contribution in [-0.2, 0) is 14.8 Å². The molecule has 1 aliphatic heterocycles.